The third-order valence-corrected chi connectivity index (χ3v) is 2.85. The minimum absolute atomic E-state index is 0.698. The topological polar surface area (TPSA) is 23.8 Å². The van der Waals surface area contributed by atoms with E-state index in [-0.39, 0.29) is 0 Å². The van der Waals surface area contributed by atoms with Gasteiger partial charge in [0.05, 0.1) is 6.07 Å². The first-order chi connectivity index (χ1) is 9.31. The van der Waals surface area contributed by atoms with Gasteiger partial charge in [0.25, 0.3) is 0 Å². The van der Waals surface area contributed by atoms with Crippen LogP contribution in [0.5, 0.6) is 0 Å². The number of nitrogens with zero attached hydrogens (tertiary/aromatic N) is 1. The van der Waals surface area contributed by atoms with Crippen LogP contribution in [0.15, 0.2) is 78.4 Å². The molecule has 0 aliphatic rings. The van der Waals surface area contributed by atoms with E-state index in [2.05, 4.69) is 30.3 Å². The van der Waals surface area contributed by atoms with Gasteiger partial charge in [0.15, 0.2) is 0 Å². The van der Waals surface area contributed by atoms with E-state index in [4.69, 9.17) is 5.26 Å². The van der Waals surface area contributed by atoms with Gasteiger partial charge < -0.3 is 0 Å². The Morgan fingerprint density at radius 1 is 0.842 bits per heavy atom. The third kappa shape index (κ3) is 3.43. The van der Waals surface area contributed by atoms with Crippen molar-refractivity contribution in [2.45, 2.75) is 6.92 Å². The summed E-state index contributed by atoms with van der Waals surface area (Å²) in [6, 6.07) is 22.5. The summed E-state index contributed by atoms with van der Waals surface area (Å²) in [5.74, 6) is 0. The molecule has 0 saturated carbocycles. The molecule has 0 aliphatic carbocycles. The van der Waals surface area contributed by atoms with Crippen LogP contribution >= 0.6 is 0 Å². The van der Waals surface area contributed by atoms with Gasteiger partial charge in [-0.2, -0.15) is 5.26 Å². The maximum atomic E-state index is 8.84. The fourth-order valence-corrected chi connectivity index (χ4v) is 1.84. The summed E-state index contributed by atoms with van der Waals surface area (Å²) in [5.41, 5.74) is 4.12. The van der Waals surface area contributed by atoms with Crippen LogP contribution in [0.2, 0.25) is 0 Å². The second-order valence-electron chi connectivity index (χ2n) is 4.27. The van der Waals surface area contributed by atoms with Gasteiger partial charge in [-0.05, 0) is 29.7 Å². The van der Waals surface area contributed by atoms with Crippen LogP contribution in [0.25, 0.3) is 5.57 Å². The third-order valence-electron chi connectivity index (χ3n) is 2.85. The van der Waals surface area contributed by atoms with E-state index in [0.717, 1.165) is 16.7 Å². The van der Waals surface area contributed by atoms with Crippen molar-refractivity contribution in [1.82, 2.24) is 0 Å². The molecular formula is C18H15N. The molecule has 0 aliphatic heterocycles. The average Bonchev–Trinajstić information content (AvgIpc) is 2.49. The molecule has 0 unspecified atom stereocenters. The zero-order valence-corrected chi connectivity index (χ0v) is 10.9. The zero-order chi connectivity index (χ0) is 13.5. The summed E-state index contributed by atoms with van der Waals surface area (Å²) in [7, 11) is 0. The van der Waals surface area contributed by atoms with Crippen LogP contribution in [0.4, 0.5) is 0 Å². The van der Waals surface area contributed by atoms with Crippen molar-refractivity contribution >= 4 is 5.57 Å². The molecule has 92 valence electrons. The van der Waals surface area contributed by atoms with Gasteiger partial charge >= 0.3 is 0 Å². The van der Waals surface area contributed by atoms with E-state index in [1.807, 2.05) is 55.5 Å². The average molecular weight is 245 g/mol. The van der Waals surface area contributed by atoms with Gasteiger partial charge in [0.1, 0.15) is 0 Å². The van der Waals surface area contributed by atoms with Crippen molar-refractivity contribution in [1.29, 1.82) is 5.26 Å². The molecule has 1 heteroatoms. The van der Waals surface area contributed by atoms with Gasteiger partial charge in [-0.15, -0.1) is 0 Å². The van der Waals surface area contributed by atoms with Gasteiger partial charge in [-0.25, -0.2) is 0 Å². The lowest BCUT2D eigenvalue weighted by atomic mass is 9.97. The first kappa shape index (κ1) is 12.9. The SMILES string of the molecule is CC(C#N)=CC=C(c1ccccc1)c1ccccc1. The standard InChI is InChI=1S/C18H15N/c1-15(14-19)12-13-18(16-8-4-2-5-9-16)17-10-6-3-7-11-17/h2-13H,1H3. The van der Waals surface area contributed by atoms with Crippen LogP contribution in [-0.4, -0.2) is 0 Å². The second-order valence-corrected chi connectivity index (χ2v) is 4.27. The summed E-state index contributed by atoms with van der Waals surface area (Å²) < 4.78 is 0. The lowest BCUT2D eigenvalue weighted by molar-refractivity contribution is 1.44. The molecule has 0 N–H and O–H groups in total. The fourth-order valence-electron chi connectivity index (χ4n) is 1.84. The zero-order valence-electron chi connectivity index (χ0n) is 10.9. The molecule has 0 atom stereocenters. The fraction of sp³-hybridized carbons (Fsp3) is 0.0556. The predicted octanol–water partition coefficient (Wildman–Crippen LogP) is 4.59. The summed E-state index contributed by atoms with van der Waals surface area (Å²) in [4.78, 5) is 0. The molecule has 0 saturated heterocycles. The quantitative estimate of drug-likeness (QED) is 0.573. The maximum absolute atomic E-state index is 8.84. The predicted molar refractivity (Wildman–Crippen MR) is 79.3 cm³/mol. The monoisotopic (exact) mass is 245 g/mol. The summed E-state index contributed by atoms with van der Waals surface area (Å²) in [6.45, 7) is 1.81. The molecule has 0 fully saturated rings. The van der Waals surface area contributed by atoms with Gasteiger partial charge in [-0.1, -0.05) is 66.7 Å². The van der Waals surface area contributed by atoms with E-state index < -0.39 is 0 Å². The van der Waals surface area contributed by atoms with Crippen LogP contribution in [0.3, 0.4) is 0 Å². The molecule has 0 radical (unpaired) electrons. The van der Waals surface area contributed by atoms with E-state index in [9.17, 15) is 0 Å². The molecule has 0 heterocycles. The number of allylic oxidation sites excluding steroid dienone is 3. The lowest BCUT2D eigenvalue weighted by Crippen LogP contribution is -1.87. The molecule has 1 nitrogen and oxygen atoms in total. The Morgan fingerprint density at radius 3 is 1.74 bits per heavy atom. The molecule has 2 rings (SSSR count). The van der Waals surface area contributed by atoms with Gasteiger partial charge in [-0.3, -0.25) is 0 Å². The largest absolute Gasteiger partial charge is 0.193 e. The Kier molecular flexibility index (Phi) is 4.31. The smallest absolute Gasteiger partial charge is 0.0944 e. The van der Waals surface area contributed by atoms with Crippen molar-refractivity contribution in [3.63, 3.8) is 0 Å². The Labute approximate surface area is 114 Å². The van der Waals surface area contributed by atoms with Crippen molar-refractivity contribution in [3.05, 3.63) is 89.5 Å². The normalized spacial score (nSPS) is 10.6. The van der Waals surface area contributed by atoms with Crippen molar-refractivity contribution < 1.29 is 0 Å². The van der Waals surface area contributed by atoms with E-state index in [0.29, 0.717) is 5.57 Å². The van der Waals surface area contributed by atoms with Crippen LogP contribution in [0, 0.1) is 11.3 Å². The highest BCUT2D eigenvalue weighted by Gasteiger charge is 2.02. The minimum Gasteiger partial charge on any atom is -0.193 e. The summed E-state index contributed by atoms with van der Waals surface area (Å²) in [6.07, 6.45) is 3.86. The van der Waals surface area contributed by atoms with Gasteiger partial charge in [0, 0.05) is 5.57 Å². The summed E-state index contributed by atoms with van der Waals surface area (Å²) in [5, 5.41) is 8.84. The molecular weight excluding hydrogens is 230 g/mol. The summed E-state index contributed by atoms with van der Waals surface area (Å²) >= 11 is 0. The van der Waals surface area contributed by atoms with Gasteiger partial charge in [0.2, 0.25) is 0 Å². The van der Waals surface area contributed by atoms with E-state index >= 15 is 0 Å². The molecule has 2 aromatic carbocycles. The number of benzene rings is 2. The molecule has 2 aromatic rings. The van der Waals surface area contributed by atoms with Crippen molar-refractivity contribution in [3.8, 4) is 6.07 Å². The molecule has 0 spiro atoms. The van der Waals surface area contributed by atoms with Crippen LogP contribution in [-0.2, 0) is 0 Å². The first-order valence-corrected chi connectivity index (χ1v) is 6.21. The minimum atomic E-state index is 0.698. The maximum Gasteiger partial charge on any atom is 0.0944 e. The number of hydrogen-bond acceptors (Lipinski definition) is 1. The Morgan fingerprint density at radius 2 is 1.32 bits per heavy atom. The van der Waals surface area contributed by atoms with Crippen LogP contribution < -0.4 is 0 Å². The van der Waals surface area contributed by atoms with E-state index in [1.54, 1.807) is 0 Å². The number of rotatable bonds is 3. The molecule has 0 bridgehead atoms. The first-order valence-electron chi connectivity index (χ1n) is 6.21. The molecule has 0 amide bonds. The Balaban J connectivity index is 2.50. The lowest BCUT2D eigenvalue weighted by Gasteiger charge is -2.07. The highest BCUT2D eigenvalue weighted by atomic mass is 14.2. The second kappa shape index (κ2) is 6.37. The number of nitriles is 1. The van der Waals surface area contributed by atoms with E-state index in [1.165, 1.54) is 0 Å². The highest BCUT2D eigenvalue weighted by molar-refractivity contribution is 5.80. The Bertz CT molecular complexity index is 587. The molecule has 19 heavy (non-hydrogen) atoms. The number of hydrogen-bond donors (Lipinski definition) is 0. The Hall–Kier alpha value is -2.59. The van der Waals surface area contributed by atoms with Crippen molar-refractivity contribution in [2.24, 2.45) is 0 Å². The molecule has 0 aromatic heterocycles. The highest BCUT2D eigenvalue weighted by Crippen LogP contribution is 2.23. The van der Waals surface area contributed by atoms with Crippen LogP contribution in [0.1, 0.15) is 18.1 Å². The van der Waals surface area contributed by atoms with Crippen molar-refractivity contribution in [2.75, 3.05) is 0 Å².